The molecule has 1 aliphatic carbocycles. The van der Waals surface area contributed by atoms with Crippen LogP contribution in [-0.4, -0.2) is 11.0 Å². The third-order valence-electron chi connectivity index (χ3n) is 4.13. The smallest absolute Gasteiger partial charge is 0.133 e. The molecule has 0 amide bonds. The molecule has 1 aromatic rings. The lowest BCUT2D eigenvalue weighted by atomic mass is 10.0. The summed E-state index contributed by atoms with van der Waals surface area (Å²) in [7, 11) is 0. The zero-order valence-electron chi connectivity index (χ0n) is 10.1. The fourth-order valence-corrected chi connectivity index (χ4v) is 2.51. The first-order valence-corrected chi connectivity index (χ1v) is 5.82. The molecule has 1 aliphatic rings. The number of nitrogens with one attached hydrogen (secondary N) is 1. The van der Waals surface area contributed by atoms with E-state index in [1.54, 1.807) is 6.07 Å². The van der Waals surface area contributed by atoms with Crippen LogP contribution in [0.25, 0.3) is 0 Å². The van der Waals surface area contributed by atoms with Crippen LogP contribution in [0.2, 0.25) is 5.15 Å². The number of halogens is 1. The number of rotatable bonds is 2. The Morgan fingerprint density at radius 3 is 2.25 bits per heavy atom. The Morgan fingerprint density at radius 1 is 1.25 bits per heavy atom. The molecule has 3 nitrogen and oxygen atoms in total. The first-order chi connectivity index (χ1) is 7.25. The number of aromatic nitrogens is 1. The van der Waals surface area contributed by atoms with Crippen molar-refractivity contribution in [3.05, 3.63) is 17.3 Å². The van der Waals surface area contributed by atoms with E-state index in [9.17, 15) is 0 Å². The maximum Gasteiger partial charge on any atom is 0.133 e. The summed E-state index contributed by atoms with van der Waals surface area (Å²) in [5, 5.41) is 3.83. The van der Waals surface area contributed by atoms with Crippen molar-refractivity contribution in [1.29, 1.82) is 0 Å². The first-order valence-electron chi connectivity index (χ1n) is 5.45. The van der Waals surface area contributed by atoms with Gasteiger partial charge in [0, 0.05) is 17.8 Å². The van der Waals surface area contributed by atoms with Crippen molar-refractivity contribution < 1.29 is 0 Å². The molecule has 0 aromatic carbocycles. The van der Waals surface area contributed by atoms with Gasteiger partial charge in [-0.15, -0.1) is 0 Å². The molecule has 16 heavy (non-hydrogen) atoms. The van der Waals surface area contributed by atoms with Crippen LogP contribution in [0.4, 0.5) is 11.5 Å². The molecule has 1 heterocycles. The summed E-state index contributed by atoms with van der Waals surface area (Å²) in [6, 6.07) is 3.87. The summed E-state index contributed by atoms with van der Waals surface area (Å²) in [5.41, 5.74) is 6.90. The molecule has 4 heteroatoms. The van der Waals surface area contributed by atoms with Crippen LogP contribution < -0.4 is 11.1 Å². The maximum absolute atomic E-state index is 5.87. The van der Waals surface area contributed by atoms with Gasteiger partial charge in [0.2, 0.25) is 0 Å². The highest BCUT2D eigenvalue weighted by atomic mass is 35.5. The van der Waals surface area contributed by atoms with E-state index in [-0.39, 0.29) is 10.8 Å². The number of pyridine rings is 1. The molecular weight excluding hydrogens is 222 g/mol. The highest BCUT2D eigenvalue weighted by Crippen LogP contribution is 2.63. The van der Waals surface area contributed by atoms with Gasteiger partial charge in [-0.25, -0.2) is 4.98 Å². The van der Waals surface area contributed by atoms with E-state index < -0.39 is 0 Å². The van der Waals surface area contributed by atoms with E-state index >= 15 is 0 Å². The second kappa shape index (κ2) is 3.27. The van der Waals surface area contributed by atoms with E-state index in [2.05, 4.69) is 38.0 Å². The summed E-state index contributed by atoms with van der Waals surface area (Å²) in [6.07, 6.45) is 0. The molecule has 0 bridgehead atoms. The summed E-state index contributed by atoms with van der Waals surface area (Å²) in [5.74, 6) is 0.758. The lowest BCUT2D eigenvalue weighted by Crippen LogP contribution is -2.11. The van der Waals surface area contributed by atoms with Crippen LogP contribution in [-0.2, 0) is 0 Å². The molecule has 1 aromatic heterocycles. The Kier molecular flexibility index (Phi) is 2.35. The summed E-state index contributed by atoms with van der Waals surface area (Å²) < 4.78 is 0. The minimum atomic E-state index is 0.270. The Labute approximate surface area is 101 Å². The van der Waals surface area contributed by atoms with Crippen molar-refractivity contribution in [3.8, 4) is 0 Å². The highest BCUT2D eigenvalue weighted by molar-refractivity contribution is 6.29. The van der Waals surface area contributed by atoms with Crippen LogP contribution in [0.1, 0.15) is 27.7 Å². The molecular formula is C12H18ClN3. The number of nitrogens with two attached hydrogens (primary N) is 1. The van der Waals surface area contributed by atoms with Crippen molar-refractivity contribution in [2.45, 2.75) is 33.7 Å². The summed E-state index contributed by atoms with van der Waals surface area (Å²) >= 11 is 5.87. The van der Waals surface area contributed by atoms with E-state index in [4.69, 9.17) is 17.3 Å². The average molecular weight is 240 g/mol. The molecule has 2 rings (SSSR count). The van der Waals surface area contributed by atoms with Gasteiger partial charge in [0.25, 0.3) is 0 Å². The van der Waals surface area contributed by atoms with E-state index in [0.29, 0.717) is 16.9 Å². The predicted molar refractivity (Wildman–Crippen MR) is 68.6 cm³/mol. The lowest BCUT2D eigenvalue weighted by molar-refractivity contribution is 0.457. The van der Waals surface area contributed by atoms with Crippen molar-refractivity contribution >= 4 is 23.1 Å². The number of nitrogen functional groups attached to an aromatic ring is 1. The molecule has 1 saturated carbocycles. The second-order valence-corrected chi connectivity index (χ2v) is 6.02. The Bertz CT molecular complexity index is 392. The molecule has 1 fully saturated rings. The van der Waals surface area contributed by atoms with Gasteiger partial charge in [-0.05, 0) is 16.9 Å². The van der Waals surface area contributed by atoms with Gasteiger partial charge < -0.3 is 11.1 Å². The molecule has 0 aliphatic heterocycles. The normalized spacial score (nSPS) is 21.8. The largest absolute Gasteiger partial charge is 0.399 e. The highest BCUT2D eigenvalue weighted by Gasteiger charge is 2.65. The van der Waals surface area contributed by atoms with Gasteiger partial charge in [-0.3, -0.25) is 0 Å². The van der Waals surface area contributed by atoms with Gasteiger partial charge in [0.1, 0.15) is 11.0 Å². The van der Waals surface area contributed by atoms with Gasteiger partial charge in [-0.2, -0.15) is 0 Å². The molecule has 0 saturated heterocycles. The molecule has 88 valence electrons. The van der Waals surface area contributed by atoms with Crippen LogP contribution >= 0.6 is 11.6 Å². The van der Waals surface area contributed by atoms with Gasteiger partial charge in [-0.1, -0.05) is 39.3 Å². The maximum atomic E-state index is 5.87. The average Bonchev–Trinajstić information content (AvgIpc) is 2.46. The van der Waals surface area contributed by atoms with E-state index in [0.717, 1.165) is 5.82 Å². The van der Waals surface area contributed by atoms with Crippen molar-refractivity contribution in [2.75, 3.05) is 11.1 Å². The minimum Gasteiger partial charge on any atom is -0.399 e. The predicted octanol–water partition coefficient (Wildman–Crippen LogP) is 3.16. The van der Waals surface area contributed by atoms with E-state index in [1.165, 1.54) is 0 Å². The summed E-state index contributed by atoms with van der Waals surface area (Å²) in [6.45, 7) is 8.99. The Balaban J connectivity index is 2.18. The fraction of sp³-hybridized carbons (Fsp3) is 0.583. The third kappa shape index (κ3) is 1.63. The van der Waals surface area contributed by atoms with Crippen LogP contribution in [0, 0.1) is 10.8 Å². The van der Waals surface area contributed by atoms with Gasteiger partial charge in [0.15, 0.2) is 0 Å². The molecule has 0 spiro atoms. The summed E-state index contributed by atoms with van der Waals surface area (Å²) in [4.78, 5) is 4.22. The van der Waals surface area contributed by atoms with Crippen molar-refractivity contribution in [2.24, 2.45) is 10.8 Å². The Hall–Kier alpha value is -0.960. The van der Waals surface area contributed by atoms with Crippen LogP contribution in [0.3, 0.4) is 0 Å². The lowest BCUT2D eigenvalue weighted by Gasteiger charge is -2.08. The topological polar surface area (TPSA) is 50.9 Å². The molecule has 0 atom stereocenters. The number of hydrogen-bond donors (Lipinski definition) is 2. The molecule has 0 radical (unpaired) electrons. The van der Waals surface area contributed by atoms with Crippen LogP contribution in [0.5, 0.6) is 0 Å². The van der Waals surface area contributed by atoms with Gasteiger partial charge in [0.05, 0.1) is 0 Å². The van der Waals surface area contributed by atoms with Crippen molar-refractivity contribution in [1.82, 2.24) is 4.98 Å². The first kappa shape index (κ1) is 11.5. The zero-order valence-corrected chi connectivity index (χ0v) is 10.9. The third-order valence-corrected chi connectivity index (χ3v) is 4.32. The fourth-order valence-electron chi connectivity index (χ4n) is 2.30. The quantitative estimate of drug-likeness (QED) is 0.780. The van der Waals surface area contributed by atoms with Gasteiger partial charge >= 0.3 is 0 Å². The zero-order chi connectivity index (χ0) is 12.1. The van der Waals surface area contributed by atoms with Crippen LogP contribution in [0.15, 0.2) is 12.1 Å². The molecule has 0 unspecified atom stereocenters. The second-order valence-electron chi connectivity index (χ2n) is 5.63. The monoisotopic (exact) mass is 239 g/mol. The van der Waals surface area contributed by atoms with E-state index in [1.807, 2.05) is 6.07 Å². The molecule has 3 N–H and O–H groups in total. The standard InChI is InChI=1S/C12H18ClN3/c1-11(2)10(12(11,3)4)16-9-6-7(14)5-8(13)15-9/h5-6,10H,1-4H3,(H3,14,15,16). The number of anilines is 2. The SMILES string of the molecule is CC1(C)C(Nc2cc(N)cc(Cl)n2)C1(C)C. The number of nitrogens with zero attached hydrogens (tertiary/aromatic N) is 1. The minimum absolute atomic E-state index is 0.270. The number of hydrogen-bond acceptors (Lipinski definition) is 3. The van der Waals surface area contributed by atoms with Crippen molar-refractivity contribution in [3.63, 3.8) is 0 Å². The Morgan fingerprint density at radius 2 is 1.81 bits per heavy atom.